The highest BCUT2D eigenvalue weighted by Crippen LogP contribution is 2.35. The van der Waals surface area contributed by atoms with Crippen LogP contribution in [0.15, 0.2) is 41.3 Å². The minimum Gasteiger partial charge on any atom is -0.495 e. The highest BCUT2D eigenvalue weighted by atomic mass is 35.5. The second-order valence-corrected chi connectivity index (χ2v) is 10.2. The standard InChI is InChI=1S/C17H19ClN2O5S2/c1-12-4-7-16(25-2)17(10-12)27(23,24)19-13-5-6-14(18)15(11-13)20-8-3-9-26(20,21)22/h4-7,10-11,19H,3,8-9H2,1-2H3. The van der Waals surface area contributed by atoms with E-state index in [0.717, 1.165) is 5.56 Å². The second-order valence-electron chi connectivity index (χ2n) is 6.17. The fourth-order valence-electron chi connectivity index (χ4n) is 2.88. The molecule has 1 heterocycles. The molecule has 7 nitrogen and oxygen atoms in total. The van der Waals surface area contributed by atoms with E-state index in [9.17, 15) is 16.8 Å². The Kier molecular flexibility index (Phi) is 5.29. The van der Waals surface area contributed by atoms with Crippen molar-refractivity contribution in [3.63, 3.8) is 0 Å². The normalized spacial score (nSPS) is 16.3. The van der Waals surface area contributed by atoms with E-state index in [-0.39, 0.29) is 32.8 Å². The topological polar surface area (TPSA) is 92.8 Å². The average molecular weight is 431 g/mol. The van der Waals surface area contributed by atoms with Gasteiger partial charge in [-0.15, -0.1) is 0 Å². The van der Waals surface area contributed by atoms with E-state index in [1.165, 1.54) is 35.7 Å². The summed E-state index contributed by atoms with van der Waals surface area (Å²) < 4.78 is 58.8. The van der Waals surface area contributed by atoms with Gasteiger partial charge in [-0.1, -0.05) is 17.7 Å². The SMILES string of the molecule is COc1ccc(C)cc1S(=O)(=O)Nc1ccc(Cl)c(N2CCCS2(=O)=O)c1. The molecule has 0 bridgehead atoms. The molecule has 0 amide bonds. The van der Waals surface area contributed by atoms with Crippen molar-refractivity contribution in [2.24, 2.45) is 0 Å². The van der Waals surface area contributed by atoms with Gasteiger partial charge in [0.25, 0.3) is 10.0 Å². The molecule has 0 radical (unpaired) electrons. The lowest BCUT2D eigenvalue weighted by Crippen LogP contribution is -2.25. The summed E-state index contributed by atoms with van der Waals surface area (Å²) in [5.74, 6) is 0.254. The number of aryl methyl sites for hydroxylation is 1. The smallest absolute Gasteiger partial charge is 0.265 e. The van der Waals surface area contributed by atoms with Crippen molar-refractivity contribution in [2.75, 3.05) is 28.4 Å². The minimum atomic E-state index is -3.95. The number of nitrogens with zero attached hydrogens (tertiary/aromatic N) is 1. The molecule has 27 heavy (non-hydrogen) atoms. The molecule has 0 aliphatic carbocycles. The third kappa shape index (κ3) is 3.99. The van der Waals surface area contributed by atoms with Crippen LogP contribution in [0.5, 0.6) is 5.75 Å². The van der Waals surface area contributed by atoms with Crippen molar-refractivity contribution < 1.29 is 21.6 Å². The van der Waals surface area contributed by atoms with E-state index in [1.807, 2.05) is 0 Å². The molecule has 1 saturated heterocycles. The number of benzene rings is 2. The number of nitrogens with one attached hydrogen (secondary N) is 1. The summed E-state index contributed by atoms with van der Waals surface area (Å²) in [5, 5.41) is 0.233. The van der Waals surface area contributed by atoms with E-state index in [4.69, 9.17) is 16.3 Å². The van der Waals surface area contributed by atoms with E-state index < -0.39 is 20.0 Å². The Morgan fingerprint density at radius 2 is 1.93 bits per heavy atom. The molecule has 3 rings (SSSR count). The monoisotopic (exact) mass is 430 g/mol. The van der Waals surface area contributed by atoms with Crippen LogP contribution in [-0.2, 0) is 20.0 Å². The molecule has 0 unspecified atom stereocenters. The highest BCUT2D eigenvalue weighted by molar-refractivity contribution is 7.93. The van der Waals surface area contributed by atoms with Crippen LogP contribution in [0.2, 0.25) is 5.02 Å². The molecule has 0 spiro atoms. The van der Waals surface area contributed by atoms with Gasteiger partial charge in [-0.05, 0) is 49.2 Å². The maximum atomic E-state index is 12.8. The van der Waals surface area contributed by atoms with Gasteiger partial charge in [0.15, 0.2) is 0 Å². The predicted octanol–water partition coefficient (Wildman–Crippen LogP) is 3.00. The fourth-order valence-corrected chi connectivity index (χ4v) is 6.03. The molecule has 1 N–H and O–H groups in total. The van der Waals surface area contributed by atoms with Crippen molar-refractivity contribution in [1.82, 2.24) is 0 Å². The third-order valence-electron chi connectivity index (χ3n) is 4.17. The van der Waals surface area contributed by atoms with Crippen molar-refractivity contribution in [2.45, 2.75) is 18.2 Å². The Bertz CT molecular complexity index is 1080. The van der Waals surface area contributed by atoms with Gasteiger partial charge in [-0.25, -0.2) is 16.8 Å². The molecule has 2 aromatic rings. The average Bonchev–Trinajstić information content (AvgIpc) is 2.95. The molecule has 1 fully saturated rings. The summed E-state index contributed by atoms with van der Waals surface area (Å²) in [6.45, 7) is 2.08. The largest absolute Gasteiger partial charge is 0.495 e. The minimum absolute atomic E-state index is 0.00436. The molecule has 0 saturated carbocycles. The van der Waals surface area contributed by atoms with Crippen molar-refractivity contribution in [1.29, 1.82) is 0 Å². The molecule has 10 heteroatoms. The lowest BCUT2D eigenvalue weighted by Gasteiger charge is -2.20. The van der Waals surface area contributed by atoms with Crippen LogP contribution in [0.3, 0.4) is 0 Å². The first-order valence-corrected chi connectivity index (χ1v) is 11.6. The summed E-state index contributed by atoms with van der Waals surface area (Å²) in [6.07, 6.45) is 0.495. The number of rotatable bonds is 5. The number of hydrogen-bond acceptors (Lipinski definition) is 5. The van der Waals surface area contributed by atoms with Gasteiger partial charge in [0.2, 0.25) is 10.0 Å². The first-order valence-electron chi connectivity index (χ1n) is 8.11. The van der Waals surface area contributed by atoms with Crippen LogP contribution >= 0.6 is 11.6 Å². The van der Waals surface area contributed by atoms with E-state index in [1.54, 1.807) is 19.1 Å². The molecular weight excluding hydrogens is 412 g/mol. The quantitative estimate of drug-likeness (QED) is 0.787. The Labute approximate surface area is 164 Å². The van der Waals surface area contributed by atoms with Crippen molar-refractivity contribution in [3.8, 4) is 5.75 Å². The van der Waals surface area contributed by atoms with Gasteiger partial charge in [0.1, 0.15) is 10.6 Å². The lowest BCUT2D eigenvalue weighted by atomic mass is 10.2. The fraction of sp³-hybridized carbons (Fsp3) is 0.294. The first-order chi connectivity index (χ1) is 12.6. The van der Waals surface area contributed by atoms with Crippen LogP contribution in [0.25, 0.3) is 0 Å². The molecule has 0 aromatic heterocycles. The number of anilines is 2. The number of halogens is 1. The second kappa shape index (κ2) is 7.21. The maximum Gasteiger partial charge on any atom is 0.265 e. The molecular formula is C17H19ClN2O5S2. The Morgan fingerprint density at radius 3 is 2.56 bits per heavy atom. The lowest BCUT2D eigenvalue weighted by molar-refractivity contribution is 0.402. The van der Waals surface area contributed by atoms with Crippen LogP contribution in [-0.4, -0.2) is 36.2 Å². The highest BCUT2D eigenvalue weighted by Gasteiger charge is 2.30. The summed E-state index contributed by atoms with van der Waals surface area (Å²) >= 11 is 6.16. The van der Waals surface area contributed by atoms with Gasteiger partial charge in [0, 0.05) is 6.54 Å². The molecule has 1 aliphatic heterocycles. The predicted molar refractivity (Wildman–Crippen MR) is 106 cm³/mol. The molecule has 146 valence electrons. The number of methoxy groups -OCH3 is 1. The van der Waals surface area contributed by atoms with Crippen LogP contribution in [0, 0.1) is 6.92 Å². The van der Waals surface area contributed by atoms with E-state index in [2.05, 4.69) is 4.72 Å². The third-order valence-corrected chi connectivity index (χ3v) is 7.75. The van der Waals surface area contributed by atoms with Crippen LogP contribution in [0.1, 0.15) is 12.0 Å². The number of hydrogen-bond donors (Lipinski definition) is 1. The first kappa shape index (κ1) is 19.8. The maximum absolute atomic E-state index is 12.8. The van der Waals surface area contributed by atoms with E-state index in [0.29, 0.717) is 13.0 Å². The van der Waals surface area contributed by atoms with Gasteiger partial charge >= 0.3 is 0 Å². The summed E-state index contributed by atoms with van der Waals surface area (Å²) in [5.41, 5.74) is 1.22. The Balaban J connectivity index is 1.99. The molecule has 2 aromatic carbocycles. The molecule has 0 atom stereocenters. The Morgan fingerprint density at radius 1 is 1.19 bits per heavy atom. The van der Waals surface area contributed by atoms with Gasteiger partial charge in [-0.2, -0.15) is 0 Å². The van der Waals surface area contributed by atoms with Gasteiger partial charge in [-0.3, -0.25) is 9.03 Å². The van der Waals surface area contributed by atoms with Crippen LogP contribution in [0.4, 0.5) is 11.4 Å². The van der Waals surface area contributed by atoms with Crippen molar-refractivity contribution in [3.05, 3.63) is 47.0 Å². The zero-order valence-corrected chi connectivity index (χ0v) is 17.2. The van der Waals surface area contributed by atoms with Gasteiger partial charge < -0.3 is 4.74 Å². The summed E-state index contributed by atoms with van der Waals surface area (Å²) in [4.78, 5) is -0.00436. The number of sulfonamides is 2. The summed E-state index contributed by atoms with van der Waals surface area (Å²) in [7, 11) is -6.00. The zero-order valence-electron chi connectivity index (χ0n) is 14.8. The van der Waals surface area contributed by atoms with Gasteiger partial charge in [0.05, 0.1) is 29.3 Å². The summed E-state index contributed by atoms with van der Waals surface area (Å²) in [6, 6.07) is 9.20. The van der Waals surface area contributed by atoms with E-state index >= 15 is 0 Å². The number of ether oxygens (including phenoxy) is 1. The van der Waals surface area contributed by atoms with Crippen LogP contribution < -0.4 is 13.8 Å². The van der Waals surface area contributed by atoms with Crippen molar-refractivity contribution >= 4 is 43.0 Å². The zero-order chi connectivity index (χ0) is 19.8. The Hall–Kier alpha value is -1.97. The molecule has 1 aliphatic rings.